The Morgan fingerprint density at radius 3 is 2.75 bits per heavy atom. The highest BCUT2D eigenvalue weighted by Crippen LogP contribution is 2.29. The number of rotatable bonds is 3. The van der Waals surface area contributed by atoms with E-state index in [0.29, 0.717) is 5.92 Å². The second-order valence-corrected chi connectivity index (χ2v) is 4.72. The van der Waals surface area contributed by atoms with Crippen molar-refractivity contribution in [1.29, 1.82) is 0 Å². The minimum atomic E-state index is 0.475. The van der Waals surface area contributed by atoms with Crippen LogP contribution in [-0.4, -0.2) is 14.8 Å². The number of nitrogens with one attached hydrogen (secondary N) is 1. The molecule has 2 rings (SSSR count). The summed E-state index contributed by atoms with van der Waals surface area (Å²) in [7, 11) is 0. The molecule has 0 saturated heterocycles. The molecule has 0 bridgehead atoms. The molecule has 84 valence electrons. The Hall–Kier alpha value is -1.49. The van der Waals surface area contributed by atoms with E-state index in [2.05, 4.69) is 59.1 Å². The van der Waals surface area contributed by atoms with Gasteiger partial charge >= 0.3 is 0 Å². The molecule has 1 N–H and O–H groups in total. The molecule has 5 heteroatoms. The third-order valence-corrected chi connectivity index (χ3v) is 2.97. The van der Waals surface area contributed by atoms with Crippen LogP contribution in [0.15, 0.2) is 18.2 Å². The molecule has 1 aromatic carbocycles. The number of nitrogens with zero attached hydrogens (tertiary/aromatic N) is 3. The van der Waals surface area contributed by atoms with Crippen molar-refractivity contribution < 1.29 is 0 Å². The minimum Gasteiger partial charge on any atom is -0.328 e. The smallest absolute Gasteiger partial charge is 0.229 e. The van der Waals surface area contributed by atoms with E-state index >= 15 is 0 Å². The predicted molar refractivity (Wildman–Crippen MR) is 66.3 cm³/mol. The zero-order chi connectivity index (χ0) is 11.5. The van der Waals surface area contributed by atoms with Crippen molar-refractivity contribution in [2.24, 2.45) is 0 Å². The summed E-state index contributed by atoms with van der Waals surface area (Å²) in [4.78, 5) is 0. The zero-order valence-electron chi connectivity index (χ0n) is 9.56. The molecule has 0 aliphatic heterocycles. The monoisotopic (exact) mass is 234 g/mol. The van der Waals surface area contributed by atoms with Gasteiger partial charge in [0.15, 0.2) is 0 Å². The third-order valence-electron chi connectivity index (χ3n) is 2.46. The molecule has 0 aliphatic carbocycles. The van der Waals surface area contributed by atoms with E-state index < -0.39 is 0 Å². The van der Waals surface area contributed by atoms with E-state index in [1.165, 1.54) is 22.7 Å². The molecular weight excluding hydrogens is 220 g/mol. The van der Waals surface area contributed by atoms with E-state index in [4.69, 9.17) is 0 Å². The fourth-order valence-electron chi connectivity index (χ4n) is 1.63. The van der Waals surface area contributed by atoms with Gasteiger partial charge in [0.25, 0.3) is 0 Å². The minimum absolute atomic E-state index is 0.475. The Balaban J connectivity index is 2.38. The largest absolute Gasteiger partial charge is 0.328 e. The van der Waals surface area contributed by atoms with Crippen molar-refractivity contribution >= 4 is 22.4 Å². The maximum Gasteiger partial charge on any atom is 0.229 e. The molecule has 0 amide bonds. The highest BCUT2D eigenvalue weighted by Gasteiger charge is 2.10. The van der Waals surface area contributed by atoms with E-state index in [1.54, 1.807) is 0 Å². The summed E-state index contributed by atoms with van der Waals surface area (Å²) in [5.41, 5.74) is 3.62. The maximum atomic E-state index is 3.90. The first-order valence-electron chi connectivity index (χ1n) is 5.20. The number of benzene rings is 1. The normalized spacial score (nSPS) is 10.8. The van der Waals surface area contributed by atoms with Crippen LogP contribution in [-0.2, 0) is 0 Å². The topological polar surface area (TPSA) is 50.7 Å². The van der Waals surface area contributed by atoms with E-state index in [-0.39, 0.29) is 0 Å². The highest BCUT2D eigenvalue weighted by atomic mass is 32.1. The number of hydrogen-bond acceptors (Lipinski definition) is 5. The Morgan fingerprint density at radius 2 is 2.12 bits per heavy atom. The van der Waals surface area contributed by atoms with Gasteiger partial charge < -0.3 is 5.32 Å². The number of hydrogen-bond donors (Lipinski definition) is 1. The second kappa shape index (κ2) is 4.57. The lowest BCUT2D eigenvalue weighted by molar-refractivity contribution is 0.867. The Labute approximate surface area is 98.9 Å². The predicted octanol–water partition coefficient (Wildman–Crippen LogP) is 3.11. The Bertz CT molecular complexity index is 465. The molecular formula is C11H14N4S. The van der Waals surface area contributed by atoms with E-state index in [9.17, 15) is 0 Å². The summed E-state index contributed by atoms with van der Waals surface area (Å²) in [5.74, 6) is 0.475. The number of aromatic nitrogens is 3. The molecule has 0 aliphatic rings. The molecule has 0 spiro atoms. The highest BCUT2D eigenvalue weighted by molar-refractivity contribution is 7.09. The molecule has 0 unspecified atom stereocenters. The maximum absolute atomic E-state index is 3.90. The standard InChI is InChI=1S/C11H14N4S/c1-7(2)9-6-4-5-8(3)10(9)12-11-13-14-15-16-11/h4-7H,1-3H3,(H,12,13,15). The van der Waals surface area contributed by atoms with Gasteiger partial charge in [-0.3, -0.25) is 0 Å². The number of para-hydroxylation sites is 1. The van der Waals surface area contributed by atoms with Crippen LogP contribution in [0.2, 0.25) is 0 Å². The Morgan fingerprint density at radius 1 is 1.31 bits per heavy atom. The molecule has 0 atom stereocenters. The van der Waals surface area contributed by atoms with Crippen molar-refractivity contribution in [2.75, 3.05) is 5.32 Å². The van der Waals surface area contributed by atoms with Crippen LogP contribution in [0.1, 0.15) is 30.9 Å². The quantitative estimate of drug-likeness (QED) is 0.886. The molecule has 0 fully saturated rings. The van der Waals surface area contributed by atoms with E-state index in [0.717, 1.165) is 10.8 Å². The van der Waals surface area contributed by atoms with Crippen molar-refractivity contribution in [3.8, 4) is 0 Å². The fraction of sp³-hybridized carbons (Fsp3) is 0.364. The third kappa shape index (κ3) is 2.19. The van der Waals surface area contributed by atoms with Gasteiger partial charge in [0, 0.05) is 17.2 Å². The molecule has 16 heavy (non-hydrogen) atoms. The molecule has 2 aromatic rings. The van der Waals surface area contributed by atoms with Crippen molar-refractivity contribution in [2.45, 2.75) is 26.7 Å². The molecule has 1 heterocycles. The summed E-state index contributed by atoms with van der Waals surface area (Å²) in [6.45, 7) is 6.44. The van der Waals surface area contributed by atoms with Crippen LogP contribution in [0.5, 0.6) is 0 Å². The van der Waals surface area contributed by atoms with E-state index in [1.807, 2.05) is 0 Å². The van der Waals surface area contributed by atoms with Crippen LogP contribution in [0.4, 0.5) is 10.8 Å². The van der Waals surface area contributed by atoms with Crippen LogP contribution in [0.3, 0.4) is 0 Å². The average Bonchev–Trinajstić information content (AvgIpc) is 2.73. The molecule has 4 nitrogen and oxygen atoms in total. The van der Waals surface area contributed by atoms with Gasteiger partial charge in [-0.25, -0.2) is 0 Å². The summed E-state index contributed by atoms with van der Waals surface area (Å²) in [5, 5.41) is 11.5. The van der Waals surface area contributed by atoms with Crippen LogP contribution in [0, 0.1) is 6.92 Å². The first-order chi connectivity index (χ1) is 7.68. The molecule has 1 aromatic heterocycles. The van der Waals surface area contributed by atoms with Crippen molar-refractivity contribution in [1.82, 2.24) is 14.8 Å². The lowest BCUT2D eigenvalue weighted by Gasteiger charge is -2.15. The van der Waals surface area contributed by atoms with Gasteiger partial charge in [0.05, 0.1) is 0 Å². The van der Waals surface area contributed by atoms with Gasteiger partial charge in [-0.15, -0.1) is 0 Å². The lowest BCUT2D eigenvalue weighted by Crippen LogP contribution is -2.00. The second-order valence-electron chi connectivity index (χ2n) is 3.99. The van der Waals surface area contributed by atoms with Crippen LogP contribution < -0.4 is 5.32 Å². The summed E-state index contributed by atoms with van der Waals surface area (Å²) in [6, 6.07) is 6.30. The van der Waals surface area contributed by atoms with Crippen molar-refractivity contribution in [3.63, 3.8) is 0 Å². The van der Waals surface area contributed by atoms with Gasteiger partial charge in [0.1, 0.15) is 0 Å². The number of aryl methyl sites for hydroxylation is 1. The van der Waals surface area contributed by atoms with Gasteiger partial charge in [-0.1, -0.05) is 41.6 Å². The SMILES string of the molecule is Cc1cccc(C(C)C)c1Nc1nnns1. The van der Waals surface area contributed by atoms with Gasteiger partial charge in [-0.2, -0.15) is 0 Å². The van der Waals surface area contributed by atoms with Crippen LogP contribution in [0.25, 0.3) is 0 Å². The van der Waals surface area contributed by atoms with Crippen LogP contribution >= 0.6 is 11.5 Å². The van der Waals surface area contributed by atoms with Gasteiger partial charge in [-0.05, 0) is 29.2 Å². The first-order valence-corrected chi connectivity index (χ1v) is 5.97. The number of anilines is 2. The van der Waals surface area contributed by atoms with Crippen molar-refractivity contribution in [3.05, 3.63) is 29.3 Å². The van der Waals surface area contributed by atoms with Gasteiger partial charge in [0.2, 0.25) is 5.13 Å². The molecule has 0 saturated carbocycles. The molecule has 0 radical (unpaired) electrons. The fourth-order valence-corrected chi connectivity index (χ4v) is 2.00. The Kier molecular flexibility index (Phi) is 3.14. The average molecular weight is 234 g/mol. The zero-order valence-corrected chi connectivity index (χ0v) is 10.4. The lowest BCUT2D eigenvalue weighted by atomic mass is 9.98. The first kappa shape index (κ1) is 11.0. The summed E-state index contributed by atoms with van der Waals surface area (Å²) >= 11 is 1.26. The summed E-state index contributed by atoms with van der Waals surface area (Å²) in [6.07, 6.45) is 0. The summed E-state index contributed by atoms with van der Waals surface area (Å²) < 4.78 is 3.74.